The molecule has 0 rings (SSSR count). The first-order valence-corrected chi connectivity index (χ1v) is 4.83. The highest BCUT2D eigenvalue weighted by Crippen LogP contribution is 1.83. The molecule has 2 N–H and O–H groups in total. The molecule has 0 aromatic rings. The lowest BCUT2D eigenvalue weighted by Gasteiger charge is -2.23. The summed E-state index contributed by atoms with van der Waals surface area (Å²) < 4.78 is 29.3. The summed E-state index contributed by atoms with van der Waals surface area (Å²) in [5, 5.41) is 0. The van der Waals surface area contributed by atoms with Crippen LogP contribution in [-0.2, 0) is 10.1 Å². The van der Waals surface area contributed by atoms with Gasteiger partial charge in [-0.25, -0.2) is 0 Å². The SMILES string of the molecule is C[N+](C)(C)NCCS(=O)(=O)O. The van der Waals surface area contributed by atoms with Crippen LogP contribution in [0.1, 0.15) is 0 Å². The summed E-state index contributed by atoms with van der Waals surface area (Å²) in [5.41, 5.74) is 2.88. The quantitative estimate of drug-likeness (QED) is 0.336. The normalized spacial score (nSPS) is 13.5. The first-order chi connectivity index (χ1) is 4.71. The molecule has 0 spiro atoms. The van der Waals surface area contributed by atoms with E-state index < -0.39 is 10.1 Å². The van der Waals surface area contributed by atoms with E-state index in [0.29, 0.717) is 4.59 Å². The molecular formula is C5H15N2O3S+. The Hall–Kier alpha value is -0.170. The minimum atomic E-state index is -3.82. The van der Waals surface area contributed by atoms with Crippen molar-refractivity contribution in [3.8, 4) is 0 Å². The maximum Gasteiger partial charge on any atom is 0.266 e. The van der Waals surface area contributed by atoms with Crippen molar-refractivity contribution in [2.24, 2.45) is 0 Å². The van der Waals surface area contributed by atoms with Gasteiger partial charge >= 0.3 is 0 Å². The number of nitrogens with one attached hydrogen (secondary N) is 1. The third-order valence-electron chi connectivity index (χ3n) is 0.946. The lowest BCUT2D eigenvalue weighted by Crippen LogP contribution is -2.49. The topological polar surface area (TPSA) is 66.4 Å². The molecule has 0 saturated carbocycles. The van der Waals surface area contributed by atoms with E-state index in [2.05, 4.69) is 5.43 Å². The van der Waals surface area contributed by atoms with Gasteiger partial charge in [-0.3, -0.25) is 9.14 Å². The van der Waals surface area contributed by atoms with E-state index in [4.69, 9.17) is 4.55 Å². The average Bonchev–Trinajstić information content (AvgIpc) is 1.55. The van der Waals surface area contributed by atoms with Gasteiger partial charge < -0.3 is 0 Å². The number of hydrogen-bond acceptors (Lipinski definition) is 3. The fraction of sp³-hybridized carbons (Fsp3) is 1.00. The zero-order valence-electron chi connectivity index (χ0n) is 7.03. The zero-order chi connectivity index (χ0) is 9.12. The Morgan fingerprint density at radius 2 is 1.82 bits per heavy atom. The summed E-state index contributed by atoms with van der Waals surface area (Å²) in [6, 6.07) is 0. The molecule has 0 aliphatic rings. The van der Waals surface area contributed by atoms with Crippen molar-refractivity contribution in [2.75, 3.05) is 33.4 Å². The summed E-state index contributed by atoms with van der Waals surface area (Å²) in [7, 11) is 1.78. The first-order valence-electron chi connectivity index (χ1n) is 3.22. The molecular weight excluding hydrogens is 168 g/mol. The number of quaternary nitrogens is 1. The Kier molecular flexibility index (Phi) is 3.43. The Morgan fingerprint density at radius 1 is 1.36 bits per heavy atom. The molecule has 0 fully saturated rings. The van der Waals surface area contributed by atoms with Gasteiger partial charge in [-0.2, -0.15) is 13.8 Å². The standard InChI is InChI=1S/C5H14N2O3S/c1-7(2,3)6-4-5-11(8,9)10/h6H,4-5H2,1-3H3/p+1. The molecule has 6 heteroatoms. The summed E-state index contributed by atoms with van der Waals surface area (Å²) in [5.74, 6) is -0.248. The van der Waals surface area contributed by atoms with E-state index in [-0.39, 0.29) is 12.3 Å². The lowest BCUT2D eigenvalue weighted by atomic mass is 10.7. The van der Waals surface area contributed by atoms with Crippen molar-refractivity contribution < 1.29 is 17.6 Å². The highest BCUT2D eigenvalue weighted by molar-refractivity contribution is 7.85. The highest BCUT2D eigenvalue weighted by atomic mass is 32.2. The second-order valence-corrected chi connectivity index (χ2v) is 4.78. The molecule has 68 valence electrons. The summed E-state index contributed by atoms with van der Waals surface area (Å²) in [6.45, 7) is 0.252. The molecule has 0 aliphatic carbocycles. The fourth-order valence-electron chi connectivity index (χ4n) is 0.510. The molecule has 0 radical (unpaired) electrons. The zero-order valence-corrected chi connectivity index (χ0v) is 7.85. The fourth-order valence-corrected chi connectivity index (χ4v) is 0.859. The highest BCUT2D eigenvalue weighted by Gasteiger charge is 2.09. The molecule has 0 amide bonds. The maximum absolute atomic E-state index is 10.2. The van der Waals surface area contributed by atoms with Gasteiger partial charge in [-0.1, -0.05) is 0 Å². The molecule has 11 heavy (non-hydrogen) atoms. The van der Waals surface area contributed by atoms with Gasteiger partial charge in [-0.15, -0.1) is 0 Å². The average molecular weight is 183 g/mol. The molecule has 0 atom stereocenters. The van der Waals surface area contributed by atoms with Crippen molar-refractivity contribution in [3.63, 3.8) is 0 Å². The molecule has 0 aromatic carbocycles. The molecule has 5 nitrogen and oxygen atoms in total. The molecule has 0 bridgehead atoms. The van der Waals surface area contributed by atoms with E-state index in [9.17, 15) is 8.42 Å². The number of hydrogen-bond donors (Lipinski definition) is 2. The molecule has 0 heterocycles. The molecule has 0 unspecified atom stereocenters. The van der Waals surface area contributed by atoms with Crippen molar-refractivity contribution in [3.05, 3.63) is 0 Å². The monoisotopic (exact) mass is 183 g/mol. The second kappa shape index (κ2) is 3.48. The predicted octanol–water partition coefficient (Wildman–Crippen LogP) is -0.915. The smallest absolute Gasteiger partial charge is 0.266 e. The van der Waals surface area contributed by atoms with Crippen LogP contribution in [0.4, 0.5) is 0 Å². The van der Waals surface area contributed by atoms with Crippen LogP contribution in [0.15, 0.2) is 0 Å². The van der Waals surface area contributed by atoms with E-state index in [1.807, 2.05) is 21.1 Å². The third-order valence-corrected chi connectivity index (χ3v) is 1.67. The van der Waals surface area contributed by atoms with Gasteiger partial charge in [0.25, 0.3) is 10.1 Å². The van der Waals surface area contributed by atoms with E-state index in [0.717, 1.165) is 0 Å². The Morgan fingerprint density at radius 3 is 2.09 bits per heavy atom. The lowest BCUT2D eigenvalue weighted by molar-refractivity contribution is -0.915. The number of rotatable bonds is 4. The Balaban J connectivity index is 3.61. The van der Waals surface area contributed by atoms with Crippen molar-refractivity contribution >= 4 is 10.1 Å². The van der Waals surface area contributed by atoms with Gasteiger partial charge in [0.1, 0.15) is 0 Å². The summed E-state index contributed by atoms with van der Waals surface area (Å²) >= 11 is 0. The first kappa shape index (κ1) is 10.8. The number of nitrogens with zero attached hydrogens (tertiary/aromatic N) is 1. The van der Waals surface area contributed by atoms with Crippen LogP contribution >= 0.6 is 0 Å². The van der Waals surface area contributed by atoms with Crippen LogP contribution in [0, 0.1) is 0 Å². The molecule has 0 saturated heterocycles. The maximum atomic E-state index is 10.2. The van der Waals surface area contributed by atoms with Crippen LogP contribution in [0.5, 0.6) is 0 Å². The van der Waals surface area contributed by atoms with Crippen LogP contribution < -0.4 is 5.43 Å². The minimum Gasteiger partial charge on any atom is -0.286 e. The van der Waals surface area contributed by atoms with Crippen molar-refractivity contribution in [1.82, 2.24) is 5.43 Å². The largest absolute Gasteiger partial charge is 0.286 e. The van der Waals surface area contributed by atoms with Crippen LogP contribution in [-0.4, -0.2) is 51.0 Å². The van der Waals surface area contributed by atoms with Crippen LogP contribution in [0.3, 0.4) is 0 Å². The predicted molar refractivity (Wildman–Crippen MR) is 42.5 cm³/mol. The minimum absolute atomic E-state index is 0.248. The van der Waals surface area contributed by atoms with Gasteiger partial charge in [0.2, 0.25) is 0 Å². The van der Waals surface area contributed by atoms with Gasteiger partial charge in [0.15, 0.2) is 0 Å². The summed E-state index contributed by atoms with van der Waals surface area (Å²) in [4.78, 5) is 0. The van der Waals surface area contributed by atoms with Gasteiger partial charge in [0.05, 0.1) is 33.4 Å². The van der Waals surface area contributed by atoms with Gasteiger partial charge in [-0.05, 0) is 0 Å². The second-order valence-electron chi connectivity index (χ2n) is 3.21. The van der Waals surface area contributed by atoms with Crippen molar-refractivity contribution in [2.45, 2.75) is 0 Å². The Bertz CT molecular complexity index is 204. The van der Waals surface area contributed by atoms with Crippen molar-refractivity contribution in [1.29, 1.82) is 0 Å². The summed E-state index contributed by atoms with van der Waals surface area (Å²) in [6.07, 6.45) is 0. The van der Waals surface area contributed by atoms with E-state index >= 15 is 0 Å². The van der Waals surface area contributed by atoms with Crippen LogP contribution in [0.25, 0.3) is 0 Å². The van der Waals surface area contributed by atoms with Gasteiger partial charge in [0, 0.05) is 0 Å². The third kappa shape index (κ3) is 9.83. The molecule has 0 aromatic heterocycles. The van der Waals surface area contributed by atoms with E-state index in [1.165, 1.54) is 0 Å². The van der Waals surface area contributed by atoms with E-state index in [1.54, 1.807) is 0 Å². The Labute approximate surface area is 67.3 Å². The van der Waals surface area contributed by atoms with Crippen LogP contribution in [0.2, 0.25) is 0 Å². The molecule has 0 aliphatic heterocycles.